The van der Waals surface area contributed by atoms with E-state index in [-0.39, 0.29) is 34.4 Å². The van der Waals surface area contributed by atoms with Gasteiger partial charge in [0.25, 0.3) is 0 Å². The Morgan fingerprint density at radius 1 is 1.33 bits per heavy atom. The van der Waals surface area contributed by atoms with Crippen molar-refractivity contribution in [3.8, 4) is 0 Å². The third-order valence-corrected chi connectivity index (χ3v) is 1.46. The Morgan fingerprint density at radius 2 is 1.87 bits per heavy atom. The number of rotatable bonds is 3. The summed E-state index contributed by atoms with van der Waals surface area (Å²) in [5.74, 6) is -0.275. The number of benzene rings is 1. The average molecular weight is 373 g/mol. The van der Waals surface area contributed by atoms with Crippen molar-refractivity contribution in [2.24, 2.45) is 0 Å². The van der Waals surface area contributed by atoms with Gasteiger partial charge in [0.05, 0.1) is 6.29 Å². The van der Waals surface area contributed by atoms with Crippen LogP contribution in [0.4, 0.5) is 5.69 Å². The quantitative estimate of drug-likeness (QED) is 0.648. The maximum Gasteiger partial charge on any atom is 2.00 e. The van der Waals surface area contributed by atoms with Crippen molar-refractivity contribution in [1.29, 1.82) is 0 Å². The first kappa shape index (κ1) is 16.2. The Morgan fingerprint density at radius 3 is 2.27 bits per heavy atom. The summed E-state index contributed by atoms with van der Waals surface area (Å²) >= 11 is 0. The molecular formula is C11H11NO2W. The van der Waals surface area contributed by atoms with Gasteiger partial charge in [-0.25, -0.2) is 0 Å². The molecule has 0 aliphatic rings. The molecule has 0 unspecified atom stereocenters. The number of amides is 1. The summed E-state index contributed by atoms with van der Waals surface area (Å²) in [6, 6.07) is 6.40. The number of anilines is 1. The van der Waals surface area contributed by atoms with E-state index >= 15 is 0 Å². The third kappa shape index (κ3) is 5.28. The number of hydrogen-bond donors (Lipinski definition) is 1. The fourth-order valence-electron chi connectivity index (χ4n) is 0.815. The molecule has 0 aliphatic carbocycles. The van der Waals surface area contributed by atoms with Gasteiger partial charge in [-0.2, -0.15) is 17.7 Å². The second-order valence-electron chi connectivity index (χ2n) is 2.37. The Balaban J connectivity index is 0. The van der Waals surface area contributed by atoms with Crippen LogP contribution >= 0.6 is 0 Å². The Labute approximate surface area is 104 Å². The Kier molecular flexibility index (Phi) is 8.79. The van der Waals surface area contributed by atoms with Crippen LogP contribution in [0.3, 0.4) is 0 Å². The predicted octanol–water partition coefficient (Wildman–Crippen LogP) is 1.72. The Hall–Kier alpha value is -1.21. The van der Waals surface area contributed by atoms with Crippen molar-refractivity contribution in [3.05, 3.63) is 49.9 Å². The van der Waals surface area contributed by atoms with E-state index in [1.54, 1.807) is 30.6 Å². The van der Waals surface area contributed by atoms with Crippen LogP contribution in [0.5, 0.6) is 0 Å². The molecule has 0 saturated heterocycles. The van der Waals surface area contributed by atoms with E-state index in [9.17, 15) is 9.59 Å². The van der Waals surface area contributed by atoms with E-state index < -0.39 is 0 Å². The van der Waals surface area contributed by atoms with Gasteiger partial charge in [-0.05, 0) is 6.08 Å². The summed E-state index contributed by atoms with van der Waals surface area (Å²) < 4.78 is 0. The first-order valence-electron chi connectivity index (χ1n) is 3.68. The van der Waals surface area contributed by atoms with Crippen LogP contribution < -0.4 is 5.32 Å². The fourth-order valence-corrected chi connectivity index (χ4v) is 0.815. The summed E-state index contributed by atoms with van der Waals surface area (Å²) in [4.78, 5) is 21.0. The van der Waals surface area contributed by atoms with E-state index in [0.29, 0.717) is 11.3 Å². The van der Waals surface area contributed by atoms with E-state index in [0.717, 1.165) is 0 Å². The van der Waals surface area contributed by atoms with Crippen LogP contribution in [0.25, 0.3) is 0 Å². The van der Waals surface area contributed by atoms with Crippen molar-refractivity contribution in [1.82, 2.24) is 0 Å². The second-order valence-corrected chi connectivity index (χ2v) is 2.37. The molecule has 3 nitrogen and oxygen atoms in total. The third-order valence-electron chi connectivity index (χ3n) is 1.46. The average Bonchev–Trinajstić information content (AvgIpc) is 2.19. The molecule has 0 heterocycles. The molecule has 0 bridgehead atoms. The molecule has 1 amide bonds. The Bertz CT molecular complexity index is 333. The van der Waals surface area contributed by atoms with E-state index in [2.05, 4.69) is 11.9 Å². The van der Waals surface area contributed by atoms with Gasteiger partial charge in [0.1, 0.15) is 0 Å². The van der Waals surface area contributed by atoms with E-state index in [4.69, 9.17) is 0 Å². The van der Waals surface area contributed by atoms with Crippen molar-refractivity contribution < 1.29 is 30.7 Å². The minimum atomic E-state index is -0.275. The molecular weight excluding hydrogens is 362 g/mol. The minimum Gasteiger partial charge on any atom is -0.376 e. The molecule has 0 aliphatic heterocycles. The van der Waals surface area contributed by atoms with Crippen molar-refractivity contribution >= 4 is 17.9 Å². The fraction of sp³-hybridized carbons (Fsp3) is 0. The molecule has 0 saturated carbocycles. The molecule has 0 fully saturated rings. The van der Waals surface area contributed by atoms with Crippen molar-refractivity contribution in [2.75, 3.05) is 5.32 Å². The maximum absolute atomic E-state index is 10.8. The monoisotopic (exact) mass is 373 g/mol. The second kappa shape index (κ2) is 8.13. The first-order chi connectivity index (χ1) is 6.26. The summed E-state index contributed by atoms with van der Waals surface area (Å²) in [5.41, 5.74) is 1.08. The summed E-state index contributed by atoms with van der Waals surface area (Å²) in [6.07, 6.45) is 2.92. The van der Waals surface area contributed by atoms with Gasteiger partial charge in [0, 0.05) is 5.69 Å². The summed E-state index contributed by atoms with van der Waals surface area (Å²) in [5, 5.41) is 2.56. The van der Waals surface area contributed by atoms with Gasteiger partial charge in [-0.3, -0.25) is 4.79 Å². The van der Waals surface area contributed by atoms with E-state index in [1.807, 2.05) is 0 Å². The molecule has 0 aromatic heterocycles. The molecule has 0 radical (unpaired) electrons. The molecule has 1 N–H and O–H groups in total. The molecule has 4 heteroatoms. The largest absolute Gasteiger partial charge is 2.00 e. The minimum absolute atomic E-state index is 0. The smallest absolute Gasteiger partial charge is 0.376 e. The van der Waals surface area contributed by atoms with Gasteiger partial charge >= 0.3 is 21.1 Å². The zero-order chi connectivity index (χ0) is 9.68. The van der Waals surface area contributed by atoms with Crippen LogP contribution in [0, 0.1) is 7.43 Å². The van der Waals surface area contributed by atoms with Gasteiger partial charge in [0.2, 0.25) is 5.91 Å². The molecule has 1 aromatic rings. The number of nitrogens with one attached hydrogen (secondary N) is 1. The zero-order valence-electron chi connectivity index (χ0n) is 8.32. The SMILES string of the molecule is C=CC(=O)Nc1ccc([C-]=O)cc1.[CH3-].[W+2]. The molecule has 0 atom stereocenters. The molecule has 1 rings (SSSR count). The molecule has 78 valence electrons. The van der Waals surface area contributed by atoms with Crippen LogP contribution in [-0.2, 0) is 30.7 Å². The zero-order valence-corrected chi connectivity index (χ0v) is 11.3. The van der Waals surface area contributed by atoms with Crippen LogP contribution in [-0.4, -0.2) is 12.2 Å². The predicted molar refractivity (Wildman–Crippen MR) is 56.5 cm³/mol. The number of carbonyl (C=O) groups excluding carboxylic acids is 2. The summed E-state index contributed by atoms with van der Waals surface area (Å²) in [7, 11) is 0. The number of carbonyl (C=O) groups is 1. The van der Waals surface area contributed by atoms with Crippen LogP contribution in [0.2, 0.25) is 0 Å². The van der Waals surface area contributed by atoms with Crippen LogP contribution in [0.1, 0.15) is 5.56 Å². The van der Waals surface area contributed by atoms with Gasteiger partial charge in [-0.1, -0.05) is 18.7 Å². The standard InChI is InChI=1S/C10H8NO2.CH3.W/c1-2-10(13)11-9-5-3-8(7-12)4-6-9;;/h2-6H,1H2,(H,11,13);1H3;/q2*-1;+2. The van der Waals surface area contributed by atoms with Crippen molar-refractivity contribution in [2.45, 2.75) is 0 Å². The van der Waals surface area contributed by atoms with Gasteiger partial charge < -0.3 is 17.5 Å². The molecule has 15 heavy (non-hydrogen) atoms. The van der Waals surface area contributed by atoms with Gasteiger partial charge in [-0.15, -0.1) is 0 Å². The van der Waals surface area contributed by atoms with Crippen molar-refractivity contribution in [3.63, 3.8) is 0 Å². The maximum atomic E-state index is 10.8. The topological polar surface area (TPSA) is 46.2 Å². The normalized spacial score (nSPS) is 7.73. The van der Waals surface area contributed by atoms with Crippen LogP contribution in [0.15, 0.2) is 36.9 Å². The van der Waals surface area contributed by atoms with Gasteiger partial charge in [0.15, 0.2) is 0 Å². The number of hydrogen-bond acceptors (Lipinski definition) is 2. The van der Waals surface area contributed by atoms with E-state index in [1.165, 1.54) is 6.08 Å². The molecule has 1 aromatic carbocycles. The first-order valence-corrected chi connectivity index (χ1v) is 3.68. The molecule has 0 spiro atoms. The summed E-state index contributed by atoms with van der Waals surface area (Å²) in [6.45, 7) is 3.32.